The summed E-state index contributed by atoms with van der Waals surface area (Å²) >= 11 is 3.14. The van der Waals surface area contributed by atoms with E-state index in [9.17, 15) is 9.59 Å². The molecule has 1 fully saturated rings. The van der Waals surface area contributed by atoms with Crippen LogP contribution in [-0.2, 0) is 16.1 Å². The van der Waals surface area contributed by atoms with Gasteiger partial charge in [0, 0.05) is 22.4 Å². The van der Waals surface area contributed by atoms with Gasteiger partial charge in [-0.05, 0) is 18.4 Å². The van der Waals surface area contributed by atoms with Crippen LogP contribution in [0.3, 0.4) is 0 Å². The van der Waals surface area contributed by atoms with Crippen LogP contribution in [0.1, 0.15) is 12.7 Å². The minimum atomic E-state index is -0.0745. The molecule has 3 aromatic rings. The molecule has 1 saturated heterocycles. The molecule has 4 rings (SSSR count). The van der Waals surface area contributed by atoms with Crippen molar-refractivity contribution in [2.24, 2.45) is 0 Å². The van der Waals surface area contributed by atoms with Crippen LogP contribution in [0.2, 0.25) is 0 Å². The first kappa shape index (κ1) is 19.3. The lowest BCUT2D eigenvalue weighted by Gasteiger charge is -2.31. The van der Waals surface area contributed by atoms with Crippen LogP contribution in [-0.4, -0.2) is 60.2 Å². The zero-order chi connectivity index (χ0) is 19.5. The highest BCUT2D eigenvalue weighted by Gasteiger charge is 2.24. The van der Waals surface area contributed by atoms with E-state index in [0.717, 1.165) is 28.4 Å². The minimum absolute atomic E-state index is 0.0496. The van der Waals surface area contributed by atoms with Gasteiger partial charge >= 0.3 is 0 Å². The number of nitrogens with one attached hydrogen (secondary N) is 2. The summed E-state index contributed by atoms with van der Waals surface area (Å²) in [5.41, 5.74) is 0.888. The third kappa shape index (κ3) is 4.02. The largest absolute Gasteiger partial charge is 0.372 e. The van der Waals surface area contributed by atoms with E-state index in [1.807, 2.05) is 34.7 Å². The number of piperazine rings is 1. The smallest absolute Gasteiger partial charge is 0.260 e. The Kier molecular flexibility index (Phi) is 5.86. The molecular weight excluding hydrogens is 396 g/mol. The molecule has 0 spiro atoms. The van der Waals surface area contributed by atoms with E-state index in [1.165, 1.54) is 16.2 Å². The molecular formula is C19H23N4O3S2+. The fraction of sp³-hybridized carbons (Fsp3) is 0.421. The minimum Gasteiger partial charge on any atom is -0.372 e. The van der Waals surface area contributed by atoms with Gasteiger partial charge in [-0.15, -0.1) is 22.7 Å². The van der Waals surface area contributed by atoms with Crippen LogP contribution in [0, 0.1) is 0 Å². The number of nitrogens with zero attached hydrogens (tertiary/aromatic N) is 2. The molecule has 1 aliphatic rings. The molecule has 1 amide bonds. The number of quaternary nitrogens is 1. The van der Waals surface area contributed by atoms with Crippen LogP contribution in [0.4, 0.5) is 0 Å². The third-order valence-corrected chi connectivity index (χ3v) is 6.73. The van der Waals surface area contributed by atoms with Gasteiger partial charge in [0.15, 0.2) is 5.82 Å². The van der Waals surface area contributed by atoms with Crippen molar-refractivity contribution in [1.29, 1.82) is 0 Å². The van der Waals surface area contributed by atoms with Gasteiger partial charge in [0.1, 0.15) is 18.0 Å². The summed E-state index contributed by atoms with van der Waals surface area (Å²) in [5.74, 6) is 0.759. The summed E-state index contributed by atoms with van der Waals surface area (Å²) in [4.78, 5) is 37.5. The Hall–Kier alpha value is -2.07. The second kappa shape index (κ2) is 8.52. The van der Waals surface area contributed by atoms with Gasteiger partial charge in [0.05, 0.1) is 31.6 Å². The molecule has 0 aromatic carbocycles. The number of amides is 1. The average molecular weight is 420 g/mol. The Bertz CT molecular complexity index is 1000. The van der Waals surface area contributed by atoms with E-state index in [-0.39, 0.29) is 18.1 Å². The van der Waals surface area contributed by atoms with Gasteiger partial charge in [0.25, 0.3) is 5.56 Å². The molecule has 0 bridgehead atoms. The second-order valence-electron chi connectivity index (χ2n) is 6.76. The van der Waals surface area contributed by atoms with Crippen LogP contribution in [0.15, 0.2) is 27.7 Å². The van der Waals surface area contributed by atoms with Crippen molar-refractivity contribution < 1.29 is 14.4 Å². The summed E-state index contributed by atoms with van der Waals surface area (Å²) in [6.45, 7) is 6.33. The summed E-state index contributed by atoms with van der Waals surface area (Å²) in [6, 6.07) is 4.01. The first-order chi connectivity index (χ1) is 13.7. The molecule has 0 unspecified atom stereocenters. The molecule has 7 nitrogen and oxygen atoms in total. The summed E-state index contributed by atoms with van der Waals surface area (Å²) in [6.07, 6.45) is 0. The molecule has 4 heterocycles. The monoisotopic (exact) mass is 419 g/mol. The van der Waals surface area contributed by atoms with Crippen molar-refractivity contribution in [1.82, 2.24) is 14.9 Å². The highest BCUT2D eigenvalue weighted by molar-refractivity contribution is 7.18. The summed E-state index contributed by atoms with van der Waals surface area (Å²) < 4.78 is 5.21. The van der Waals surface area contributed by atoms with Gasteiger partial charge < -0.3 is 19.5 Å². The van der Waals surface area contributed by atoms with Crippen LogP contribution < -0.4 is 10.5 Å². The fourth-order valence-corrected chi connectivity index (χ4v) is 5.24. The van der Waals surface area contributed by atoms with Crippen LogP contribution >= 0.6 is 22.7 Å². The lowest BCUT2D eigenvalue weighted by molar-refractivity contribution is -0.918. The van der Waals surface area contributed by atoms with E-state index < -0.39 is 0 Å². The third-order valence-electron chi connectivity index (χ3n) is 4.95. The summed E-state index contributed by atoms with van der Waals surface area (Å²) in [5, 5.41) is 4.70. The average Bonchev–Trinajstić information content (AvgIpc) is 3.36. The number of hydrogen-bond donors (Lipinski definition) is 2. The standard InChI is InChI=1S/C19H22N4O3S2/c1-2-26-11-16(24)23-7-5-22(6-8-23)10-15-20-18(25)17-13(12-28-19(17)21-15)14-4-3-9-27-14/h3-4,9,12H,2,5-8,10-11H2,1H3,(H,20,21,25)/p+1. The first-order valence-electron chi connectivity index (χ1n) is 9.39. The Morgan fingerprint density at radius 1 is 1.36 bits per heavy atom. The number of thiophene rings is 2. The Labute approximate surface area is 170 Å². The number of carbonyl (C=O) groups is 1. The van der Waals surface area contributed by atoms with Crippen LogP contribution in [0.25, 0.3) is 20.7 Å². The normalized spacial score (nSPS) is 15.4. The molecule has 9 heteroatoms. The Morgan fingerprint density at radius 2 is 2.18 bits per heavy atom. The van der Waals surface area contributed by atoms with Gasteiger partial charge in [-0.2, -0.15) is 0 Å². The number of carbonyl (C=O) groups excluding carboxylic acids is 1. The fourth-order valence-electron chi connectivity index (χ4n) is 3.46. The SMILES string of the molecule is CCOCC(=O)N1CC[NH+](Cc2nc3scc(-c4cccs4)c3c(=O)[nH]2)CC1. The summed E-state index contributed by atoms with van der Waals surface area (Å²) in [7, 11) is 0. The quantitative estimate of drug-likeness (QED) is 0.624. The number of rotatable bonds is 6. The molecule has 0 aliphatic carbocycles. The lowest BCUT2D eigenvalue weighted by Crippen LogP contribution is -3.13. The topological polar surface area (TPSA) is 79.7 Å². The Morgan fingerprint density at radius 3 is 2.89 bits per heavy atom. The highest BCUT2D eigenvalue weighted by Crippen LogP contribution is 2.33. The lowest BCUT2D eigenvalue weighted by atomic mass is 10.2. The second-order valence-corrected chi connectivity index (χ2v) is 8.57. The van der Waals surface area contributed by atoms with Crippen molar-refractivity contribution in [3.63, 3.8) is 0 Å². The van der Waals surface area contributed by atoms with Crippen molar-refractivity contribution in [3.05, 3.63) is 39.1 Å². The number of fused-ring (bicyclic) bond motifs is 1. The van der Waals surface area contributed by atoms with E-state index >= 15 is 0 Å². The van der Waals surface area contributed by atoms with E-state index in [4.69, 9.17) is 9.72 Å². The molecule has 1 aliphatic heterocycles. The number of aromatic nitrogens is 2. The zero-order valence-corrected chi connectivity index (χ0v) is 17.3. The molecule has 0 atom stereocenters. The predicted molar refractivity (Wildman–Crippen MR) is 111 cm³/mol. The van der Waals surface area contributed by atoms with E-state index in [0.29, 0.717) is 37.5 Å². The number of ether oxygens (including phenoxy) is 1. The Balaban J connectivity index is 1.44. The van der Waals surface area contributed by atoms with E-state index in [1.54, 1.807) is 11.3 Å². The van der Waals surface area contributed by atoms with Crippen molar-refractivity contribution >= 4 is 38.8 Å². The first-order valence-corrected chi connectivity index (χ1v) is 11.1. The number of aromatic amines is 1. The van der Waals surface area contributed by atoms with E-state index in [2.05, 4.69) is 4.98 Å². The molecule has 148 valence electrons. The predicted octanol–water partition coefficient (Wildman–Crippen LogP) is 0.977. The molecule has 28 heavy (non-hydrogen) atoms. The maximum absolute atomic E-state index is 12.7. The zero-order valence-electron chi connectivity index (χ0n) is 15.7. The molecule has 0 saturated carbocycles. The molecule has 2 N–H and O–H groups in total. The number of hydrogen-bond acceptors (Lipinski definition) is 6. The maximum atomic E-state index is 12.7. The molecule has 3 aromatic heterocycles. The van der Waals surface area contributed by atoms with Crippen molar-refractivity contribution in [3.8, 4) is 10.4 Å². The van der Waals surface area contributed by atoms with Gasteiger partial charge in [-0.3, -0.25) is 9.59 Å². The van der Waals surface area contributed by atoms with Gasteiger partial charge in [0.2, 0.25) is 5.91 Å². The van der Waals surface area contributed by atoms with Crippen LogP contribution in [0.5, 0.6) is 0 Å². The van der Waals surface area contributed by atoms with Gasteiger partial charge in [-0.25, -0.2) is 4.98 Å². The number of H-pyrrole nitrogens is 1. The molecule has 0 radical (unpaired) electrons. The van der Waals surface area contributed by atoms with Gasteiger partial charge in [-0.1, -0.05) is 6.07 Å². The highest BCUT2D eigenvalue weighted by atomic mass is 32.1. The van der Waals surface area contributed by atoms with Crippen molar-refractivity contribution in [2.45, 2.75) is 13.5 Å². The van der Waals surface area contributed by atoms with Crippen molar-refractivity contribution in [2.75, 3.05) is 39.4 Å². The maximum Gasteiger partial charge on any atom is 0.260 e.